The maximum absolute atomic E-state index is 13.8. The van der Waals surface area contributed by atoms with E-state index in [1.54, 1.807) is 0 Å². The van der Waals surface area contributed by atoms with Crippen molar-refractivity contribution in [3.8, 4) is 0 Å². The predicted molar refractivity (Wildman–Crippen MR) is 191 cm³/mol. The van der Waals surface area contributed by atoms with Crippen molar-refractivity contribution in [2.45, 2.75) is 63.6 Å². The molecule has 0 spiro atoms. The van der Waals surface area contributed by atoms with Crippen LogP contribution in [0.2, 0.25) is 0 Å². The van der Waals surface area contributed by atoms with Gasteiger partial charge in [0.05, 0.1) is 12.6 Å². The third-order valence-corrected chi connectivity index (χ3v) is 9.43. The maximum atomic E-state index is 13.8. The number of aryl methyl sites for hydroxylation is 1. The lowest BCUT2D eigenvalue weighted by molar-refractivity contribution is -0.139. The number of carbonyl (C=O) groups excluding carboxylic acids is 5. The van der Waals surface area contributed by atoms with E-state index in [4.69, 9.17) is 0 Å². The molecular formula is C39H42N6O5. The van der Waals surface area contributed by atoms with E-state index in [0.29, 0.717) is 25.8 Å². The highest BCUT2D eigenvalue weighted by Crippen LogP contribution is 2.21. The third kappa shape index (κ3) is 8.11. The van der Waals surface area contributed by atoms with Crippen LogP contribution in [0.3, 0.4) is 0 Å². The van der Waals surface area contributed by atoms with Crippen LogP contribution in [-0.2, 0) is 43.2 Å². The van der Waals surface area contributed by atoms with E-state index >= 15 is 0 Å². The molecule has 11 heteroatoms. The van der Waals surface area contributed by atoms with E-state index < -0.39 is 29.9 Å². The van der Waals surface area contributed by atoms with Gasteiger partial charge in [-0.05, 0) is 55.0 Å². The number of ketones is 1. The van der Waals surface area contributed by atoms with Crippen molar-refractivity contribution in [3.63, 3.8) is 0 Å². The molecular weight excluding hydrogens is 632 g/mol. The minimum Gasteiger partial charge on any atom is -0.361 e. The summed E-state index contributed by atoms with van der Waals surface area (Å²) in [7, 11) is 0. The molecule has 0 radical (unpaired) electrons. The zero-order valence-corrected chi connectivity index (χ0v) is 28.0. The average molecular weight is 675 g/mol. The molecule has 50 heavy (non-hydrogen) atoms. The van der Waals surface area contributed by atoms with Crippen molar-refractivity contribution in [1.29, 1.82) is 0 Å². The molecule has 5 N–H and O–H groups in total. The lowest BCUT2D eigenvalue weighted by Gasteiger charge is -2.27. The van der Waals surface area contributed by atoms with Crippen molar-refractivity contribution in [3.05, 3.63) is 108 Å². The Kier molecular flexibility index (Phi) is 10.7. The Morgan fingerprint density at radius 3 is 2.12 bits per heavy atom. The summed E-state index contributed by atoms with van der Waals surface area (Å²) in [6.45, 7) is 1.58. The van der Waals surface area contributed by atoms with Gasteiger partial charge in [0.2, 0.25) is 23.6 Å². The van der Waals surface area contributed by atoms with Gasteiger partial charge in [0.25, 0.3) is 0 Å². The van der Waals surface area contributed by atoms with Crippen molar-refractivity contribution in [2.75, 3.05) is 13.1 Å². The van der Waals surface area contributed by atoms with Crippen LogP contribution in [0.5, 0.6) is 0 Å². The normalized spacial score (nSPS) is 15.5. The number of aromatic nitrogens is 2. The molecule has 6 rings (SSSR count). The molecule has 0 aliphatic carbocycles. The number of nitrogens with zero attached hydrogens (tertiary/aromatic N) is 1. The number of carbonyl (C=O) groups is 5. The summed E-state index contributed by atoms with van der Waals surface area (Å²) in [5.41, 5.74) is 4.70. The molecule has 11 nitrogen and oxygen atoms in total. The molecule has 3 aromatic carbocycles. The number of rotatable bonds is 14. The van der Waals surface area contributed by atoms with Crippen LogP contribution in [0.15, 0.2) is 91.3 Å². The summed E-state index contributed by atoms with van der Waals surface area (Å²) in [6, 6.07) is 22.4. The number of Topliss-reactive ketones (excluding diaryl/α,β-unsaturated/α-hetero) is 1. The minimum atomic E-state index is -0.989. The first-order valence-electron chi connectivity index (χ1n) is 17.1. The van der Waals surface area contributed by atoms with Gasteiger partial charge < -0.3 is 30.8 Å². The second kappa shape index (κ2) is 15.7. The van der Waals surface area contributed by atoms with Crippen LogP contribution >= 0.6 is 0 Å². The van der Waals surface area contributed by atoms with E-state index in [1.807, 2.05) is 91.3 Å². The van der Waals surface area contributed by atoms with Crippen LogP contribution in [-0.4, -0.2) is 75.5 Å². The summed E-state index contributed by atoms with van der Waals surface area (Å²) in [5, 5.41) is 10.5. The number of benzene rings is 3. The number of likely N-dealkylation sites (tertiary alicyclic amines) is 1. The van der Waals surface area contributed by atoms with Gasteiger partial charge in [-0.3, -0.25) is 24.0 Å². The van der Waals surface area contributed by atoms with E-state index in [1.165, 1.54) is 11.8 Å². The average Bonchev–Trinajstić information content (AvgIpc) is 3.89. The lowest BCUT2D eigenvalue weighted by atomic mass is 10.0. The number of hydrogen-bond donors (Lipinski definition) is 5. The molecule has 1 aliphatic rings. The van der Waals surface area contributed by atoms with Crippen molar-refractivity contribution in [2.24, 2.45) is 0 Å². The third-order valence-electron chi connectivity index (χ3n) is 9.43. The summed E-state index contributed by atoms with van der Waals surface area (Å²) >= 11 is 0. The molecule has 0 bridgehead atoms. The maximum Gasteiger partial charge on any atom is 0.243 e. The molecule has 3 atom stereocenters. The Morgan fingerprint density at radius 2 is 1.42 bits per heavy atom. The number of para-hydroxylation sites is 2. The molecule has 258 valence electrons. The van der Waals surface area contributed by atoms with Crippen LogP contribution in [0, 0.1) is 0 Å². The lowest BCUT2D eigenvalue weighted by Crippen LogP contribution is -2.56. The number of amides is 4. The Morgan fingerprint density at radius 1 is 0.780 bits per heavy atom. The number of nitrogens with one attached hydrogen (secondary N) is 5. The monoisotopic (exact) mass is 674 g/mol. The largest absolute Gasteiger partial charge is 0.361 e. The number of aromatic amines is 2. The summed E-state index contributed by atoms with van der Waals surface area (Å²) in [6.07, 6.45) is 6.01. The second-order valence-electron chi connectivity index (χ2n) is 12.9. The highest BCUT2D eigenvalue weighted by Gasteiger charge is 2.36. The molecule has 5 aromatic rings. The van der Waals surface area contributed by atoms with E-state index in [-0.39, 0.29) is 43.4 Å². The summed E-state index contributed by atoms with van der Waals surface area (Å²) in [4.78, 5) is 74.1. The van der Waals surface area contributed by atoms with Gasteiger partial charge in [-0.1, -0.05) is 66.7 Å². The highest BCUT2D eigenvalue weighted by molar-refractivity contribution is 5.96. The molecule has 1 fully saturated rings. The van der Waals surface area contributed by atoms with Crippen molar-refractivity contribution < 1.29 is 24.0 Å². The molecule has 1 aliphatic heterocycles. The first kappa shape index (κ1) is 34.2. The SMILES string of the molecule is CC(=O)[C@H](Cc1c[nH]c2ccccc12)NC(=O)[C@H](Cc1ccccc1)NC(=O)[C@@H]1CCCN1C(=O)CNC(=O)CCc1c[nH]c2ccccc12. The second-order valence-corrected chi connectivity index (χ2v) is 12.9. The van der Waals surface area contributed by atoms with Crippen LogP contribution < -0.4 is 16.0 Å². The molecule has 1 saturated heterocycles. The fourth-order valence-electron chi connectivity index (χ4n) is 6.70. The zero-order chi connectivity index (χ0) is 35.0. The van der Waals surface area contributed by atoms with Gasteiger partial charge in [0.15, 0.2) is 5.78 Å². The smallest absolute Gasteiger partial charge is 0.243 e. The molecule has 0 saturated carbocycles. The van der Waals surface area contributed by atoms with Gasteiger partial charge in [0, 0.05) is 60.0 Å². The topological polar surface area (TPSA) is 156 Å². The molecule has 3 heterocycles. The Balaban J connectivity index is 1.07. The minimum absolute atomic E-state index is 0.198. The highest BCUT2D eigenvalue weighted by atomic mass is 16.2. The Bertz CT molecular complexity index is 2000. The van der Waals surface area contributed by atoms with Crippen LogP contribution in [0.4, 0.5) is 0 Å². The van der Waals surface area contributed by atoms with Gasteiger partial charge in [-0.25, -0.2) is 0 Å². The molecule has 4 amide bonds. The van der Waals surface area contributed by atoms with Crippen molar-refractivity contribution in [1.82, 2.24) is 30.8 Å². The quantitative estimate of drug-likeness (QED) is 0.121. The first-order chi connectivity index (χ1) is 24.3. The van der Waals surface area contributed by atoms with Crippen molar-refractivity contribution >= 4 is 51.2 Å². The first-order valence-corrected chi connectivity index (χ1v) is 17.1. The van der Waals surface area contributed by atoms with Gasteiger partial charge in [-0.15, -0.1) is 0 Å². The zero-order valence-electron chi connectivity index (χ0n) is 28.0. The van der Waals surface area contributed by atoms with E-state index in [2.05, 4.69) is 25.9 Å². The summed E-state index contributed by atoms with van der Waals surface area (Å²) in [5.74, 6) is -1.75. The van der Waals surface area contributed by atoms with Crippen LogP contribution in [0.25, 0.3) is 21.8 Å². The number of hydrogen-bond acceptors (Lipinski definition) is 5. The Labute approximate surface area is 290 Å². The van der Waals surface area contributed by atoms with E-state index in [0.717, 1.165) is 38.5 Å². The number of H-pyrrole nitrogens is 2. The summed E-state index contributed by atoms with van der Waals surface area (Å²) < 4.78 is 0. The number of fused-ring (bicyclic) bond motifs is 2. The standard InChI is InChI=1S/C39H42N6O5/c1-25(46)33(21-28-23-41-32-15-8-6-13-30(28)32)43-38(49)34(20-26-10-3-2-4-11-26)44-39(50)35-16-9-19-45(35)37(48)24-42-36(47)18-17-27-22-40-31-14-7-5-12-29(27)31/h2-8,10-15,22-23,33-35,40-41H,9,16-21,24H2,1H3,(H,42,47)(H,43,49)(H,44,50)/t33-,34-,35-/m0/s1. The van der Waals surface area contributed by atoms with Gasteiger partial charge >= 0.3 is 0 Å². The van der Waals surface area contributed by atoms with Gasteiger partial charge in [-0.2, -0.15) is 0 Å². The fourth-order valence-corrected chi connectivity index (χ4v) is 6.70. The van der Waals surface area contributed by atoms with Crippen LogP contribution in [0.1, 0.15) is 42.9 Å². The molecule has 2 aromatic heterocycles. The van der Waals surface area contributed by atoms with Gasteiger partial charge in [0.1, 0.15) is 12.1 Å². The predicted octanol–water partition coefficient (Wildman–Crippen LogP) is 3.73. The van der Waals surface area contributed by atoms with E-state index in [9.17, 15) is 24.0 Å². The fraction of sp³-hybridized carbons (Fsp3) is 0.308. The molecule has 0 unspecified atom stereocenters. The Hall–Kier alpha value is -5.71.